The first-order chi connectivity index (χ1) is 12.1. The average Bonchev–Trinajstić information content (AvgIpc) is 2.63. The van der Waals surface area contributed by atoms with Crippen LogP contribution in [0.1, 0.15) is 11.1 Å². The van der Waals surface area contributed by atoms with Gasteiger partial charge in [0.1, 0.15) is 0 Å². The number of hydrogen-bond acceptors (Lipinski definition) is 5. The molecule has 1 heterocycles. The third-order valence-electron chi connectivity index (χ3n) is 3.73. The second-order valence-electron chi connectivity index (χ2n) is 5.40. The van der Waals surface area contributed by atoms with Gasteiger partial charge in [-0.15, -0.1) is 0 Å². The second kappa shape index (κ2) is 7.70. The van der Waals surface area contributed by atoms with Gasteiger partial charge >= 0.3 is 0 Å². The van der Waals surface area contributed by atoms with E-state index in [1.54, 1.807) is 24.4 Å². The number of nitrogen functional groups attached to an aromatic ring is 1. The third-order valence-corrected chi connectivity index (χ3v) is 4.44. The zero-order valence-corrected chi connectivity index (χ0v) is 14.7. The van der Waals surface area contributed by atoms with Gasteiger partial charge in [0, 0.05) is 27.7 Å². The fourth-order valence-electron chi connectivity index (χ4n) is 2.32. The van der Waals surface area contributed by atoms with E-state index >= 15 is 0 Å². The molecule has 0 amide bonds. The van der Waals surface area contributed by atoms with E-state index in [1.807, 2.05) is 24.3 Å². The van der Waals surface area contributed by atoms with E-state index in [0.29, 0.717) is 33.9 Å². The van der Waals surface area contributed by atoms with Crippen LogP contribution in [0, 0.1) is 0 Å². The van der Waals surface area contributed by atoms with Gasteiger partial charge in [-0.1, -0.05) is 53.5 Å². The molecule has 7 heteroatoms. The Kier molecular flexibility index (Phi) is 5.38. The molecule has 1 aromatic heterocycles. The molecule has 0 unspecified atom stereocenters. The lowest BCUT2D eigenvalue weighted by atomic mass is 10.1. The maximum Gasteiger partial charge on any atom is 0.169 e. The van der Waals surface area contributed by atoms with Crippen LogP contribution in [0.4, 0.5) is 11.6 Å². The highest BCUT2D eigenvalue weighted by molar-refractivity contribution is 6.36. The van der Waals surface area contributed by atoms with Crippen LogP contribution in [0.2, 0.25) is 10.0 Å². The lowest BCUT2D eigenvalue weighted by Gasteiger charge is -2.12. The van der Waals surface area contributed by atoms with Gasteiger partial charge in [0.25, 0.3) is 0 Å². The second-order valence-corrected chi connectivity index (χ2v) is 6.21. The van der Waals surface area contributed by atoms with Gasteiger partial charge < -0.3 is 16.2 Å². The first-order valence-electron chi connectivity index (χ1n) is 7.58. The van der Waals surface area contributed by atoms with Gasteiger partial charge in [-0.05, 0) is 17.7 Å². The number of aliphatic hydroxyl groups excluding tert-OH is 1. The van der Waals surface area contributed by atoms with Gasteiger partial charge in [0.15, 0.2) is 11.6 Å². The quantitative estimate of drug-likeness (QED) is 0.624. The summed E-state index contributed by atoms with van der Waals surface area (Å²) >= 11 is 12.4. The van der Waals surface area contributed by atoms with E-state index in [9.17, 15) is 0 Å². The maximum absolute atomic E-state index is 9.13. The Bertz CT molecular complexity index is 864. The molecule has 5 nitrogen and oxygen atoms in total. The summed E-state index contributed by atoms with van der Waals surface area (Å²) < 4.78 is 0. The van der Waals surface area contributed by atoms with Crippen molar-refractivity contribution in [2.75, 3.05) is 11.1 Å². The minimum atomic E-state index is -0.000896. The smallest absolute Gasteiger partial charge is 0.169 e. The van der Waals surface area contributed by atoms with E-state index < -0.39 is 0 Å². The fourth-order valence-corrected chi connectivity index (χ4v) is 2.85. The third kappa shape index (κ3) is 4.02. The number of nitrogens with zero attached hydrogens (tertiary/aromatic N) is 2. The van der Waals surface area contributed by atoms with Gasteiger partial charge in [-0.25, -0.2) is 9.97 Å². The predicted molar refractivity (Wildman–Crippen MR) is 102 cm³/mol. The molecule has 0 saturated heterocycles. The number of rotatable bonds is 5. The van der Waals surface area contributed by atoms with E-state index in [-0.39, 0.29) is 6.61 Å². The lowest BCUT2D eigenvalue weighted by Crippen LogP contribution is -2.07. The summed E-state index contributed by atoms with van der Waals surface area (Å²) in [5.41, 5.74) is 9.07. The Morgan fingerprint density at radius 1 is 1.04 bits per heavy atom. The van der Waals surface area contributed by atoms with E-state index in [1.165, 1.54) is 0 Å². The van der Waals surface area contributed by atoms with Crippen molar-refractivity contribution >= 4 is 34.8 Å². The number of nitrogens with one attached hydrogen (secondary N) is 1. The Morgan fingerprint density at radius 2 is 1.72 bits per heavy atom. The molecule has 3 rings (SSSR count). The van der Waals surface area contributed by atoms with Crippen molar-refractivity contribution in [3.8, 4) is 11.3 Å². The minimum absolute atomic E-state index is 0.000896. The van der Waals surface area contributed by atoms with Crippen molar-refractivity contribution in [3.05, 3.63) is 69.8 Å². The fraction of sp³-hybridized carbons (Fsp3) is 0.111. The Hall–Kier alpha value is -2.34. The molecule has 0 aliphatic heterocycles. The molecule has 0 fully saturated rings. The van der Waals surface area contributed by atoms with Crippen LogP contribution in [0.5, 0.6) is 0 Å². The van der Waals surface area contributed by atoms with Crippen molar-refractivity contribution in [2.24, 2.45) is 0 Å². The number of aliphatic hydroxyl groups is 1. The molecule has 128 valence electrons. The molecule has 0 saturated carbocycles. The molecular weight excluding hydrogens is 359 g/mol. The number of halogens is 2. The summed E-state index contributed by atoms with van der Waals surface area (Å²) in [5, 5.41) is 13.4. The van der Waals surface area contributed by atoms with Crippen LogP contribution in [-0.4, -0.2) is 15.1 Å². The largest absolute Gasteiger partial charge is 0.392 e. The zero-order chi connectivity index (χ0) is 17.8. The zero-order valence-electron chi connectivity index (χ0n) is 13.2. The molecule has 25 heavy (non-hydrogen) atoms. The molecule has 4 N–H and O–H groups in total. The summed E-state index contributed by atoms with van der Waals surface area (Å²) in [6.07, 6.45) is 1.61. The van der Waals surface area contributed by atoms with Crippen molar-refractivity contribution in [1.82, 2.24) is 9.97 Å². The molecule has 0 radical (unpaired) electrons. The van der Waals surface area contributed by atoms with Crippen molar-refractivity contribution < 1.29 is 5.11 Å². The van der Waals surface area contributed by atoms with Crippen LogP contribution >= 0.6 is 23.2 Å². The molecule has 2 aromatic carbocycles. The van der Waals surface area contributed by atoms with Crippen LogP contribution < -0.4 is 11.1 Å². The summed E-state index contributed by atoms with van der Waals surface area (Å²) in [7, 11) is 0. The maximum atomic E-state index is 9.13. The number of hydrogen-bond donors (Lipinski definition) is 3. The van der Waals surface area contributed by atoms with Crippen LogP contribution in [0.25, 0.3) is 11.3 Å². The highest BCUT2D eigenvalue weighted by Crippen LogP contribution is 2.26. The number of nitrogens with two attached hydrogens (primary N) is 1. The van der Waals surface area contributed by atoms with Crippen LogP contribution in [-0.2, 0) is 13.2 Å². The van der Waals surface area contributed by atoms with E-state index in [0.717, 1.165) is 16.7 Å². The molecule has 0 spiro atoms. The number of aromatic nitrogens is 2. The van der Waals surface area contributed by atoms with Crippen molar-refractivity contribution in [3.63, 3.8) is 0 Å². The molecule has 0 aliphatic carbocycles. The van der Waals surface area contributed by atoms with E-state index in [4.69, 9.17) is 34.0 Å². The highest BCUT2D eigenvalue weighted by atomic mass is 35.5. The summed E-state index contributed by atoms with van der Waals surface area (Å²) in [6, 6.07) is 12.8. The van der Waals surface area contributed by atoms with Crippen molar-refractivity contribution in [1.29, 1.82) is 0 Å². The van der Waals surface area contributed by atoms with Gasteiger partial charge in [-0.2, -0.15) is 0 Å². The van der Waals surface area contributed by atoms with Gasteiger partial charge in [-0.3, -0.25) is 0 Å². The Morgan fingerprint density at radius 3 is 2.36 bits per heavy atom. The number of anilines is 2. The van der Waals surface area contributed by atoms with Crippen molar-refractivity contribution in [2.45, 2.75) is 13.2 Å². The van der Waals surface area contributed by atoms with Gasteiger partial charge in [0.2, 0.25) is 0 Å². The molecular formula is C18H16Cl2N4O. The van der Waals surface area contributed by atoms with Crippen LogP contribution in [0.3, 0.4) is 0 Å². The molecule has 0 bridgehead atoms. The van der Waals surface area contributed by atoms with E-state index in [2.05, 4.69) is 15.3 Å². The summed E-state index contributed by atoms with van der Waals surface area (Å²) in [6.45, 7) is 0.378. The normalized spacial score (nSPS) is 10.7. The SMILES string of the molecule is Nc1ncc(-c2ccc(CO)cc2)nc1NCc1c(Cl)cccc1Cl. The summed E-state index contributed by atoms with van der Waals surface area (Å²) in [4.78, 5) is 8.72. The van der Waals surface area contributed by atoms with Gasteiger partial charge in [0.05, 0.1) is 18.5 Å². The monoisotopic (exact) mass is 374 g/mol. The first-order valence-corrected chi connectivity index (χ1v) is 8.33. The predicted octanol–water partition coefficient (Wildman–Crippen LogP) is 4.14. The Balaban J connectivity index is 1.84. The molecule has 3 aromatic rings. The Labute approximate surface area is 155 Å². The lowest BCUT2D eigenvalue weighted by molar-refractivity contribution is 0.282. The van der Waals surface area contributed by atoms with Crippen LogP contribution in [0.15, 0.2) is 48.7 Å². The molecule has 0 atom stereocenters. The first kappa shape index (κ1) is 17.5. The minimum Gasteiger partial charge on any atom is -0.392 e. The summed E-state index contributed by atoms with van der Waals surface area (Å²) in [5.74, 6) is 0.749. The average molecular weight is 375 g/mol. The number of benzene rings is 2. The standard InChI is InChI=1S/C18H16Cl2N4O/c19-14-2-1-3-15(20)13(14)8-23-18-17(21)22-9-16(24-18)12-6-4-11(10-25)5-7-12/h1-7,9,25H,8,10H2,(H2,21,22)(H,23,24). The highest BCUT2D eigenvalue weighted by Gasteiger charge is 2.10. The molecule has 0 aliphatic rings. The topological polar surface area (TPSA) is 84.1 Å².